The average molecular weight is 224 g/mol. The summed E-state index contributed by atoms with van der Waals surface area (Å²) in [5, 5.41) is 18.2. The zero-order valence-corrected chi connectivity index (χ0v) is 9.17. The summed E-state index contributed by atoms with van der Waals surface area (Å²) in [7, 11) is 0. The number of ether oxygens (including phenoxy) is 1. The highest BCUT2D eigenvalue weighted by molar-refractivity contribution is 5.69. The maximum atomic E-state index is 10.6. The smallest absolute Gasteiger partial charge is 0.306 e. The minimum absolute atomic E-state index is 0.113. The minimum Gasteiger partial charge on any atom is -0.491 e. The Bertz CT molecular complexity index is 323. The predicted molar refractivity (Wildman–Crippen MR) is 59.4 cm³/mol. The molecule has 0 spiro atoms. The van der Waals surface area contributed by atoms with Crippen LogP contribution in [0, 0.1) is 5.92 Å². The van der Waals surface area contributed by atoms with Gasteiger partial charge < -0.3 is 14.9 Å². The number of rotatable bonds is 6. The molecule has 0 aliphatic carbocycles. The molecule has 1 rings (SSSR count). The second kappa shape index (κ2) is 6.12. The standard InChI is InChI=1S/C12H16O4/c1-9(12(14)15)7-10(13)8-16-11-5-3-2-4-6-11/h2-6,9-10,13H,7-8H2,1H3,(H,14,15). The van der Waals surface area contributed by atoms with Crippen LogP contribution >= 0.6 is 0 Å². The lowest BCUT2D eigenvalue weighted by atomic mass is 10.0. The van der Waals surface area contributed by atoms with E-state index in [0.717, 1.165) is 0 Å². The number of aliphatic carboxylic acids is 1. The third-order valence-corrected chi connectivity index (χ3v) is 2.23. The molecule has 2 unspecified atom stereocenters. The third-order valence-electron chi connectivity index (χ3n) is 2.23. The van der Waals surface area contributed by atoms with E-state index in [1.54, 1.807) is 19.1 Å². The number of benzene rings is 1. The maximum absolute atomic E-state index is 10.6. The molecule has 16 heavy (non-hydrogen) atoms. The van der Waals surface area contributed by atoms with E-state index in [-0.39, 0.29) is 13.0 Å². The lowest BCUT2D eigenvalue weighted by Gasteiger charge is -2.14. The number of hydrogen-bond donors (Lipinski definition) is 2. The number of aliphatic hydroxyl groups is 1. The molecule has 0 aliphatic rings. The fraction of sp³-hybridized carbons (Fsp3) is 0.417. The van der Waals surface area contributed by atoms with Crippen LogP contribution < -0.4 is 4.74 Å². The molecule has 0 amide bonds. The van der Waals surface area contributed by atoms with E-state index >= 15 is 0 Å². The topological polar surface area (TPSA) is 66.8 Å². The van der Waals surface area contributed by atoms with E-state index in [0.29, 0.717) is 5.75 Å². The highest BCUT2D eigenvalue weighted by Crippen LogP contribution is 2.11. The van der Waals surface area contributed by atoms with Gasteiger partial charge in [-0.3, -0.25) is 4.79 Å². The summed E-state index contributed by atoms with van der Waals surface area (Å²) in [6.07, 6.45) is -0.561. The first-order valence-electron chi connectivity index (χ1n) is 5.18. The van der Waals surface area contributed by atoms with E-state index < -0.39 is 18.0 Å². The molecule has 2 atom stereocenters. The molecule has 0 heterocycles. The molecule has 0 radical (unpaired) electrons. The normalized spacial score (nSPS) is 14.1. The van der Waals surface area contributed by atoms with Gasteiger partial charge in [0.1, 0.15) is 12.4 Å². The van der Waals surface area contributed by atoms with Crippen LogP contribution in [0.2, 0.25) is 0 Å². The van der Waals surface area contributed by atoms with Crippen LogP contribution in [0.1, 0.15) is 13.3 Å². The van der Waals surface area contributed by atoms with Crippen molar-refractivity contribution in [1.82, 2.24) is 0 Å². The van der Waals surface area contributed by atoms with E-state index in [1.807, 2.05) is 18.2 Å². The molecule has 4 heteroatoms. The molecular formula is C12H16O4. The summed E-state index contributed by atoms with van der Waals surface area (Å²) in [6, 6.07) is 9.11. The van der Waals surface area contributed by atoms with Crippen LogP contribution in [-0.2, 0) is 4.79 Å². The highest BCUT2D eigenvalue weighted by Gasteiger charge is 2.16. The van der Waals surface area contributed by atoms with Crippen LogP contribution in [0.4, 0.5) is 0 Å². The predicted octanol–water partition coefficient (Wildman–Crippen LogP) is 1.54. The van der Waals surface area contributed by atoms with Crippen molar-refractivity contribution < 1.29 is 19.7 Å². The van der Waals surface area contributed by atoms with Gasteiger partial charge >= 0.3 is 5.97 Å². The molecule has 4 nitrogen and oxygen atoms in total. The van der Waals surface area contributed by atoms with Crippen molar-refractivity contribution in [2.45, 2.75) is 19.4 Å². The minimum atomic E-state index is -0.904. The van der Waals surface area contributed by atoms with Crippen molar-refractivity contribution in [3.05, 3.63) is 30.3 Å². The Hall–Kier alpha value is -1.55. The van der Waals surface area contributed by atoms with Crippen molar-refractivity contribution in [1.29, 1.82) is 0 Å². The zero-order chi connectivity index (χ0) is 12.0. The first-order chi connectivity index (χ1) is 7.59. The lowest BCUT2D eigenvalue weighted by Crippen LogP contribution is -2.23. The van der Waals surface area contributed by atoms with Gasteiger partial charge in [0.2, 0.25) is 0 Å². The van der Waals surface area contributed by atoms with Gasteiger partial charge in [-0.1, -0.05) is 25.1 Å². The molecule has 0 aromatic heterocycles. The van der Waals surface area contributed by atoms with Crippen LogP contribution in [0.3, 0.4) is 0 Å². The van der Waals surface area contributed by atoms with Crippen LogP contribution in [-0.4, -0.2) is 28.9 Å². The molecule has 0 fully saturated rings. The molecule has 0 bridgehead atoms. The van der Waals surface area contributed by atoms with Gasteiger partial charge in [-0.2, -0.15) is 0 Å². The van der Waals surface area contributed by atoms with Gasteiger partial charge in [0, 0.05) is 0 Å². The summed E-state index contributed by atoms with van der Waals surface area (Å²) < 4.78 is 5.31. The summed E-state index contributed by atoms with van der Waals surface area (Å²) in [6.45, 7) is 1.68. The summed E-state index contributed by atoms with van der Waals surface area (Å²) in [5.74, 6) is -0.794. The first-order valence-corrected chi connectivity index (χ1v) is 5.18. The molecule has 0 saturated carbocycles. The van der Waals surface area contributed by atoms with Crippen molar-refractivity contribution in [3.63, 3.8) is 0 Å². The molecule has 0 saturated heterocycles. The van der Waals surface area contributed by atoms with E-state index in [2.05, 4.69) is 0 Å². The van der Waals surface area contributed by atoms with Gasteiger partial charge in [0.05, 0.1) is 12.0 Å². The highest BCUT2D eigenvalue weighted by atomic mass is 16.5. The third kappa shape index (κ3) is 4.31. The van der Waals surface area contributed by atoms with Crippen LogP contribution in [0.5, 0.6) is 5.75 Å². The van der Waals surface area contributed by atoms with Gasteiger partial charge in [-0.05, 0) is 18.6 Å². The van der Waals surface area contributed by atoms with Gasteiger partial charge in [0.25, 0.3) is 0 Å². The molecule has 0 aliphatic heterocycles. The van der Waals surface area contributed by atoms with Crippen molar-refractivity contribution >= 4 is 5.97 Å². The second-order valence-corrected chi connectivity index (χ2v) is 3.75. The fourth-order valence-electron chi connectivity index (χ4n) is 1.29. The summed E-state index contributed by atoms with van der Waals surface area (Å²) >= 11 is 0. The number of carboxylic acid groups (broad SMARTS) is 1. The Balaban J connectivity index is 2.30. The average Bonchev–Trinajstić information content (AvgIpc) is 2.27. The number of carboxylic acids is 1. The zero-order valence-electron chi connectivity index (χ0n) is 9.17. The molecule has 1 aromatic carbocycles. The quantitative estimate of drug-likeness (QED) is 0.769. The van der Waals surface area contributed by atoms with Gasteiger partial charge in [-0.25, -0.2) is 0 Å². The number of carbonyl (C=O) groups is 1. The van der Waals surface area contributed by atoms with Crippen LogP contribution in [0.15, 0.2) is 30.3 Å². The molecular weight excluding hydrogens is 208 g/mol. The van der Waals surface area contributed by atoms with Gasteiger partial charge in [0.15, 0.2) is 0 Å². The van der Waals surface area contributed by atoms with E-state index in [4.69, 9.17) is 9.84 Å². The number of aliphatic hydroxyl groups excluding tert-OH is 1. The monoisotopic (exact) mass is 224 g/mol. The second-order valence-electron chi connectivity index (χ2n) is 3.75. The first kappa shape index (κ1) is 12.5. The molecule has 2 N–H and O–H groups in total. The van der Waals surface area contributed by atoms with Crippen molar-refractivity contribution in [2.75, 3.05) is 6.61 Å². The molecule has 1 aromatic rings. The maximum Gasteiger partial charge on any atom is 0.306 e. The Morgan fingerprint density at radius 1 is 1.38 bits per heavy atom. The van der Waals surface area contributed by atoms with Crippen molar-refractivity contribution in [3.8, 4) is 5.75 Å². The van der Waals surface area contributed by atoms with Crippen molar-refractivity contribution in [2.24, 2.45) is 5.92 Å². The Morgan fingerprint density at radius 2 is 2.00 bits per heavy atom. The van der Waals surface area contributed by atoms with E-state index in [9.17, 15) is 9.90 Å². The summed E-state index contributed by atoms with van der Waals surface area (Å²) in [4.78, 5) is 10.6. The fourth-order valence-corrected chi connectivity index (χ4v) is 1.29. The largest absolute Gasteiger partial charge is 0.491 e. The van der Waals surface area contributed by atoms with Crippen LogP contribution in [0.25, 0.3) is 0 Å². The van der Waals surface area contributed by atoms with Gasteiger partial charge in [-0.15, -0.1) is 0 Å². The number of hydrogen-bond acceptors (Lipinski definition) is 3. The number of para-hydroxylation sites is 1. The Labute approximate surface area is 94.5 Å². The van der Waals surface area contributed by atoms with E-state index in [1.165, 1.54) is 0 Å². The Kier molecular flexibility index (Phi) is 4.79. The SMILES string of the molecule is CC(CC(O)COc1ccccc1)C(=O)O. The summed E-state index contributed by atoms with van der Waals surface area (Å²) in [5.41, 5.74) is 0. The lowest BCUT2D eigenvalue weighted by molar-refractivity contribution is -0.142. The Morgan fingerprint density at radius 3 is 2.56 bits per heavy atom. The molecule has 88 valence electrons.